The first kappa shape index (κ1) is 17.9. The third-order valence-corrected chi connectivity index (χ3v) is 4.23. The Labute approximate surface area is 139 Å². The minimum Gasteiger partial charge on any atom is -0.481 e. The average Bonchev–Trinajstić information content (AvgIpc) is 2.93. The van der Waals surface area contributed by atoms with Gasteiger partial charge in [-0.05, 0) is 19.1 Å². The molecule has 128 valence electrons. The Hall–Kier alpha value is -2.42. The molecule has 0 saturated heterocycles. The van der Waals surface area contributed by atoms with Crippen molar-refractivity contribution in [1.82, 2.24) is 4.98 Å². The van der Waals surface area contributed by atoms with E-state index in [0.29, 0.717) is 10.7 Å². The standard InChI is InChI=1S/C15H13F3N2O3S/c1-8(14-19-9(7-24-14)6-12(21)22)13(23)20-11-5-3-2-4-10(11)15(16,17)18/h2-5,7-8H,6H2,1H3,(H,20,23)(H,21,22)/t8-/m1/s1. The lowest BCUT2D eigenvalue weighted by Crippen LogP contribution is -2.21. The van der Waals surface area contributed by atoms with Crippen molar-refractivity contribution in [2.24, 2.45) is 0 Å². The van der Waals surface area contributed by atoms with E-state index >= 15 is 0 Å². The van der Waals surface area contributed by atoms with Crippen molar-refractivity contribution in [3.63, 3.8) is 0 Å². The van der Waals surface area contributed by atoms with Gasteiger partial charge in [0.1, 0.15) is 5.01 Å². The van der Waals surface area contributed by atoms with Gasteiger partial charge in [0.15, 0.2) is 0 Å². The van der Waals surface area contributed by atoms with Gasteiger partial charge in [-0.2, -0.15) is 13.2 Å². The van der Waals surface area contributed by atoms with Gasteiger partial charge in [-0.15, -0.1) is 11.3 Å². The molecule has 0 unspecified atom stereocenters. The van der Waals surface area contributed by atoms with Gasteiger partial charge in [-0.1, -0.05) is 12.1 Å². The Morgan fingerprint density at radius 1 is 1.33 bits per heavy atom. The van der Waals surface area contributed by atoms with Crippen molar-refractivity contribution < 1.29 is 27.9 Å². The van der Waals surface area contributed by atoms with Crippen LogP contribution in [-0.2, 0) is 22.2 Å². The van der Waals surface area contributed by atoms with E-state index in [1.165, 1.54) is 30.5 Å². The monoisotopic (exact) mass is 358 g/mol. The number of amides is 1. The van der Waals surface area contributed by atoms with E-state index in [9.17, 15) is 22.8 Å². The predicted octanol–water partition coefficient (Wildman–Crippen LogP) is 3.53. The van der Waals surface area contributed by atoms with Crippen LogP contribution in [0.1, 0.15) is 29.1 Å². The average molecular weight is 358 g/mol. The maximum absolute atomic E-state index is 12.9. The summed E-state index contributed by atoms with van der Waals surface area (Å²) in [5.41, 5.74) is -0.960. The van der Waals surface area contributed by atoms with E-state index in [4.69, 9.17) is 5.11 Å². The van der Waals surface area contributed by atoms with E-state index in [2.05, 4.69) is 10.3 Å². The van der Waals surface area contributed by atoms with E-state index in [1.807, 2.05) is 0 Å². The Morgan fingerprint density at radius 3 is 2.62 bits per heavy atom. The van der Waals surface area contributed by atoms with Gasteiger partial charge in [0.05, 0.1) is 29.3 Å². The van der Waals surface area contributed by atoms with Crippen LogP contribution < -0.4 is 5.32 Å². The number of thiazole rings is 1. The van der Waals surface area contributed by atoms with Crippen LogP contribution in [0.3, 0.4) is 0 Å². The largest absolute Gasteiger partial charge is 0.481 e. The minimum atomic E-state index is -4.58. The summed E-state index contributed by atoms with van der Waals surface area (Å²) in [7, 11) is 0. The van der Waals surface area contributed by atoms with Gasteiger partial charge >= 0.3 is 12.1 Å². The van der Waals surface area contributed by atoms with E-state index in [1.54, 1.807) is 0 Å². The summed E-state index contributed by atoms with van der Waals surface area (Å²) in [6.45, 7) is 1.49. The maximum Gasteiger partial charge on any atom is 0.418 e. The highest BCUT2D eigenvalue weighted by atomic mass is 32.1. The van der Waals surface area contributed by atoms with Gasteiger partial charge in [0, 0.05) is 5.38 Å². The van der Waals surface area contributed by atoms with Crippen molar-refractivity contribution in [2.45, 2.75) is 25.4 Å². The van der Waals surface area contributed by atoms with Gasteiger partial charge in [0.2, 0.25) is 5.91 Å². The number of nitrogens with zero attached hydrogens (tertiary/aromatic N) is 1. The summed E-state index contributed by atoms with van der Waals surface area (Å²) in [6, 6.07) is 4.69. The van der Waals surface area contributed by atoms with Gasteiger partial charge in [0.25, 0.3) is 0 Å². The normalized spacial score (nSPS) is 12.7. The summed E-state index contributed by atoms with van der Waals surface area (Å²) in [5.74, 6) is -2.51. The number of halogens is 3. The molecule has 24 heavy (non-hydrogen) atoms. The lowest BCUT2D eigenvalue weighted by Gasteiger charge is -2.15. The number of anilines is 1. The molecule has 1 amide bonds. The summed E-state index contributed by atoms with van der Waals surface area (Å²) in [6.07, 6.45) is -4.86. The highest BCUT2D eigenvalue weighted by Crippen LogP contribution is 2.35. The lowest BCUT2D eigenvalue weighted by molar-refractivity contribution is -0.137. The van der Waals surface area contributed by atoms with E-state index < -0.39 is 29.5 Å². The number of carbonyl (C=O) groups excluding carboxylic acids is 1. The topological polar surface area (TPSA) is 79.3 Å². The first-order chi connectivity index (χ1) is 11.2. The Bertz CT molecular complexity index is 758. The molecule has 2 N–H and O–H groups in total. The second-order valence-corrected chi connectivity index (χ2v) is 5.89. The fourth-order valence-corrected chi connectivity index (χ4v) is 2.82. The van der Waals surface area contributed by atoms with Gasteiger partial charge < -0.3 is 10.4 Å². The fourth-order valence-electron chi connectivity index (χ4n) is 1.95. The van der Waals surface area contributed by atoms with Crippen molar-refractivity contribution in [3.05, 3.63) is 45.9 Å². The molecule has 1 aromatic carbocycles. The quantitative estimate of drug-likeness (QED) is 0.857. The number of nitrogens with one attached hydrogen (secondary N) is 1. The molecule has 0 spiro atoms. The molecule has 1 aromatic heterocycles. The molecule has 0 aliphatic heterocycles. The fraction of sp³-hybridized carbons (Fsp3) is 0.267. The molecule has 0 fully saturated rings. The number of alkyl halides is 3. The van der Waals surface area contributed by atoms with Crippen LogP contribution in [0, 0.1) is 0 Å². The van der Waals surface area contributed by atoms with Crippen LogP contribution >= 0.6 is 11.3 Å². The summed E-state index contributed by atoms with van der Waals surface area (Å²) in [4.78, 5) is 26.9. The number of aromatic nitrogens is 1. The number of carboxylic acid groups (broad SMARTS) is 1. The van der Waals surface area contributed by atoms with E-state index in [0.717, 1.165) is 17.4 Å². The molecule has 0 saturated carbocycles. The first-order valence-corrected chi connectivity index (χ1v) is 7.69. The van der Waals surface area contributed by atoms with Crippen molar-refractivity contribution in [2.75, 3.05) is 5.32 Å². The molecule has 5 nitrogen and oxygen atoms in total. The molecule has 2 aromatic rings. The number of hydrogen-bond acceptors (Lipinski definition) is 4. The number of hydrogen-bond donors (Lipinski definition) is 2. The molecule has 0 radical (unpaired) electrons. The number of aliphatic carboxylic acids is 1. The third-order valence-electron chi connectivity index (χ3n) is 3.16. The molecule has 1 atom stereocenters. The second kappa shape index (κ2) is 7.00. The van der Waals surface area contributed by atoms with Crippen LogP contribution in [-0.4, -0.2) is 22.0 Å². The number of carboxylic acids is 1. The highest BCUT2D eigenvalue weighted by Gasteiger charge is 2.34. The zero-order valence-electron chi connectivity index (χ0n) is 12.4. The van der Waals surface area contributed by atoms with E-state index in [-0.39, 0.29) is 12.1 Å². The van der Waals surface area contributed by atoms with Crippen LogP contribution in [0.4, 0.5) is 18.9 Å². The Kier molecular flexibility index (Phi) is 5.23. The molecule has 0 aliphatic rings. The second-order valence-electron chi connectivity index (χ2n) is 5.00. The molecule has 1 heterocycles. The SMILES string of the molecule is C[C@H](C(=O)Nc1ccccc1C(F)(F)F)c1nc(CC(=O)O)cs1. The first-order valence-electron chi connectivity index (χ1n) is 6.81. The Balaban J connectivity index is 2.15. The van der Waals surface area contributed by atoms with Gasteiger partial charge in [-0.25, -0.2) is 4.98 Å². The number of benzene rings is 1. The van der Waals surface area contributed by atoms with Crippen molar-refractivity contribution >= 4 is 28.9 Å². The molecular weight excluding hydrogens is 345 g/mol. The highest BCUT2D eigenvalue weighted by molar-refractivity contribution is 7.09. The molecule has 9 heteroatoms. The maximum atomic E-state index is 12.9. The summed E-state index contributed by atoms with van der Waals surface area (Å²) in [5, 5.41) is 12.8. The van der Waals surface area contributed by atoms with Crippen molar-refractivity contribution in [3.8, 4) is 0 Å². The summed E-state index contributed by atoms with van der Waals surface area (Å²) < 4.78 is 38.8. The van der Waals surface area contributed by atoms with Crippen LogP contribution in [0.5, 0.6) is 0 Å². The predicted molar refractivity (Wildman–Crippen MR) is 81.9 cm³/mol. The van der Waals surface area contributed by atoms with Crippen LogP contribution in [0.15, 0.2) is 29.6 Å². The van der Waals surface area contributed by atoms with Gasteiger partial charge in [-0.3, -0.25) is 9.59 Å². The zero-order valence-corrected chi connectivity index (χ0v) is 13.2. The Morgan fingerprint density at radius 2 is 2.00 bits per heavy atom. The van der Waals surface area contributed by atoms with Crippen molar-refractivity contribution in [1.29, 1.82) is 0 Å². The lowest BCUT2D eigenvalue weighted by atomic mass is 10.1. The summed E-state index contributed by atoms with van der Waals surface area (Å²) >= 11 is 1.09. The molecular formula is C15H13F3N2O3S. The molecule has 2 rings (SSSR count). The number of rotatable bonds is 5. The zero-order chi connectivity index (χ0) is 17.9. The number of para-hydroxylation sites is 1. The third kappa shape index (κ3) is 4.31. The molecule has 0 bridgehead atoms. The molecule has 0 aliphatic carbocycles. The van der Waals surface area contributed by atoms with Crippen LogP contribution in [0.2, 0.25) is 0 Å². The smallest absolute Gasteiger partial charge is 0.418 e. The number of carbonyl (C=O) groups is 2. The minimum absolute atomic E-state index is 0.276. The van der Waals surface area contributed by atoms with Crippen LogP contribution in [0.25, 0.3) is 0 Å².